The van der Waals surface area contributed by atoms with Crippen molar-refractivity contribution in [2.24, 2.45) is 0 Å². The third-order valence-electron chi connectivity index (χ3n) is 4.07. The van der Waals surface area contributed by atoms with Gasteiger partial charge in [0.2, 0.25) is 0 Å². The number of ether oxygens (including phenoxy) is 1. The van der Waals surface area contributed by atoms with Gasteiger partial charge in [0.25, 0.3) is 0 Å². The van der Waals surface area contributed by atoms with Crippen molar-refractivity contribution in [1.82, 2.24) is 10.2 Å². The van der Waals surface area contributed by atoms with E-state index in [0.717, 1.165) is 32.8 Å². The molecule has 1 saturated heterocycles. The number of hydrogen-bond donors (Lipinski definition) is 1. The Balaban J connectivity index is 1.79. The molecule has 1 aliphatic heterocycles. The highest BCUT2D eigenvalue weighted by atomic mass is 16.5. The van der Waals surface area contributed by atoms with Crippen LogP contribution in [0.2, 0.25) is 0 Å². The van der Waals surface area contributed by atoms with E-state index >= 15 is 0 Å². The Labute approximate surface area is 123 Å². The Kier molecular flexibility index (Phi) is 6.51. The molecule has 1 aromatic rings. The van der Waals surface area contributed by atoms with Crippen molar-refractivity contribution < 1.29 is 4.74 Å². The molecule has 112 valence electrons. The average molecular weight is 276 g/mol. The molecule has 3 heteroatoms. The lowest BCUT2D eigenvalue weighted by Crippen LogP contribution is -2.52. The van der Waals surface area contributed by atoms with Gasteiger partial charge >= 0.3 is 0 Å². The van der Waals surface area contributed by atoms with Crippen molar-refractivity contribution >= 4 is 0 Å². The summed E-state index contributed by atoms with van der Waals surface area (Å²) < 4.78 is 5.70. The first-order valence-electron chi connectivity index (χ1n) is 7.91. The van der Waals surface area contributed by atoms with E-state index in [9.17, 15) is 0 Å². The second-order valence-corrected chi connectivity index (χ2v) is 5.68. The van der Waals surface area contributed by atoms with Crippen molar-refractivity contribution in [3.63, 3.8) is 0 Å². The largest absolute Gasteiger partial charge is 0.380 e. The van der Waals surface area contributed by atoms with E-state index in [-0.39, 0.29) is 0 Å². The summed E-state index contributed by atoms with van der Waals surface area (Å²) in [5, 5.41) is 3.64. The lowest BCUT2D eigenvalue weighted by molar-refractivity contribution is 0.0690. The van der Waals surface area contributed by atoms with E-state index in [1.54, 1.807) is 0 Å². The summed E-state index contributed by atoms with van der Waals surface area (Å²) in [4.78, 5) is 2.54. The summed E-state index contributed by atoms with van der Waals surface area (Å²) in [5.41, 5.74) is 1.39. The van der Waals surface area contributed by atoms with Crippen molar-refractivity contribution in [2.75, 3.05) is 32.8 Å². The van der Waals surface area contributed by atoms with Crippen LogP contribution in [0.5, 0.6) is 0 Å². The lowest BCUT2D eigenvalue weighted by atomic mass is 10.0. The van der Waals surface area contributed by atoms with Gasteiger partial charge < -0.3 is 10.1 Å². The molecule has 0 aliphatic carbocycles. The summed E-state index contributed by atoms with van der Waals surface area (Å²) >= 11 is 0. The van der Waals surface area contributed by atoms with Crippen LogP contribution in [0.3, 0.4) is 0 Å². The summed E-state index contributed by atoms with van der Waals surface area (Å²) in [7, 11) is 0. The summed E-state index contributed by atoms with van der Waals surface area (Å²) in [6.45, 7) is 9.41. The first-order chi connectivity index (χ1) is 9.81. The number of rotatable bonds is 7. The molecule has 0 amide bonds. The van der Waals surface area contributed by atoms with Crippen LogP contribution >= 0.6 is 0 Å². The van der Waals surface area contributed by atoms with Crippen molar-refractivity contribution in [2.45, 2.75) is 38.8 Å². The van der Waals surface area contributed by atoms with Crippen LogP contribution in [0.15, 0.2) is 30.3 Å². The molecular weight excluding hydrogens is 248 g/mol. The molecule has 0 aromatic heterocycles. The first-order valence-corrected chi connectivity index (χ1v) is 7.91. The SMILES string of the molecule is CCCCOCCN1CC(c2ccccc2)NCC1C. The Bertz CT molecular complexity index is 369. The summed E-state index contributed by atoms with van der Waals surface area (Å²) in [6.07, 6.45) is 2.38. The maximum atomic E-state index is 5.70. The molecule has 1 aliphatic rings. The molecule has 0 radical (unpaired) electrons. The number of nitrogens with zero attached hydrogens (tertiary/aromatic N) is 1. The minimum atomic E-state index is 0.447. The predicted molar refractivity (Wildman–Crippen MR) is 83.9 cm³/mol. The smallest absolute Gasteiger partial charge is 0.0593 e. The zero-order chi connectivity index (χ0) is 14.2. The van der Waals surface area contributed by atoms with Gasteiger partial charge in [0.1, 0.15) is 0 Å². The maximum absolute atomic E-state index is 5.70. The molecule has 1 heterocycles. The average Bonchev–Trinajstić information content (AvgIpc) is 2.49. The van der Waals surface area contributed by atoms with Gasteiger partial charge in [-0.2, -0.15) is 0 Å². The Hall–Kier alpha value is -0.900. The van der Waals surface area contributed by atoms with E-state index in [4.69, 9.17) is 4.74 Å². The van der Waals surface area contributed by atoms with Gasteiger partial charge in [0, 0.05) is 38.3 Å². The third-order valence-corrected chi connectivity index (χ3v) is 4.07. The van der Waals surface area contributed by atoms with Crippen LogP contribution in [0.25, 0.3) is 0 Å². The van der Waals surface area contributed by atoms with Crippen LogP contribution in [0.4, 0.5) is 0 Å². The van der Waals surface area contributed by atoms with Gasteiger partial charge in [-0.05, 0) is 18.9 Å². The van der Waals surface area contributed by atoms with Gasteiger partial charge in [-0.1, -0.05) is 43.7 Å². The lowest BCUT2D eigenvalue weighted by Gasteiger charge is -2.39. The zero-order valence-electron chi connectivity index (χ0n) is 12.8. The monoisotopic (exact) mass is 276 g/mol. The molecule has 2 unspecified atom stereocenters. The van der Waals surface area contributed by atoms with E-state index in [2.05, 4.69) is 54.4 Å². The number of benzene rings is 1. The first kappa shape index (κ1) is 15.5. The highest BCUT2D eigenvalue weighted by molar-refractivity contribution is 5.20. The van der Waals surface area contributed by atoms with E-state index in [1.807, 2.05) is 0 Å². The van der Waals surface area contributed by atoms with Crippen LogP contribution in [-0.4, -0.2) is 43.8 Å². The zero-order valence-corrected chi connectivity index (χ0v) is 12.8. The Morgan fingerprint density at radius 3 is 2.80 bits per heavy atom. The molecular formula is C17H28N2O. The highest BCUT2D eigenvalue weighted by Crippen LogP contribution is 2.19. The van der Waals surface area contributed by atoms with Gasteiger partial charge in [-0.15, -0.1) is 0 Å². The van der Waals surface area contributed by atoms with Gasteiger partial charge in [-0.25, -0.2) is 0 Å². The van der Waals surface area contributed by atoms with E-state index in [0.29, 0.717) is 12.1 Å². The van der Waals surface area contributed by atoms with E-state index in [1.165, 1.54) is 18.4 Å². The fourth-order valence-corrected chi connectivity index (χ4v) is 2.67. The van der Waals surface area contributed by atoms with Crippen LogP contribution < -0.4 is 5.32 Å². The fourth-order valence-electron chi connectivity index (χ4n) is 2.67. The summed E-state index contributed by atoms with van der Waals surface area (Å²) in [6, 6.07) is 11.8. The van der Waals surface area contributed by atoms with Crippen LogP contribution in [-0.2, 0) is 4.74 Å². The van der Waals surface area contributed by atoms with Crippen molar-refractivity contribution in [1.29, 1.82) is 0 Å². The summed E-state index contributed by atoms with van der Waals surface area (Å²) in [5.74, 6) is 0. The van der Waals surface area contributed by atoms with Crippen LogP contribution in [0, 0.1) is 0 Å². The molecule has 1 N–H and O–H groups in total. The number of nitrogens with one attached hydrogen (secondary N) is 1. The van der Waals surface area contributed by atoms with Crippen molar-refractivity contribution in [3.05, 3.63) is 35.9 Å². The molecule has 0 bridgehead atoms. The number of hydrogen-bond acceptors (Lipinski definition) is 3. The second kappa shape index (κ2) is 8.40. The maximum Gasteiger partial charge on any atom is 0.0593 e. The third kappa shape index (κ3) is 4.58. The van der Waals surface area contributed by atoms with Gasteiger partial charge in [0.15, 0.2) is 0 Å². The highest BCUT2D eigenvalue weighted by Gasteiger charge is 2.25. The van der Waals surface area contributed by atoms with E-state index < -0.39 is 0 Å². The van der Waals surface area contributed by atoms with Crippen LogP contribution in [0.1, 0.15) is 38.3 Å². The minimum absolute atomic E-state index is 0.447. The van der Waals surface area contributed by atoms with Gasteiger partial charge in [-0.3, -0.25) is 4.90 Å². The molecule has 0 saturated carbocycles. The standard InChI is InChI=1S/C17H28N2O/c1-3-4-11-20-12-10-19-14-17(18-13-15(19)2)16-8-6-5-7-9-16/h5-9,15,17-18H,3-4,10-14H2,1-2H3. The minimum Gasteiger partial charge on any atom is -0.380 e. The fraction of sp³-hybridized carbons (Fsp3) is 0.647. The second-order valence-electron chi connectivity index (χ2n) is 5.68. The number of piperazine rings is 1. The van der Waals surface area contributed by atoms with Gasteiger partial charge in [0.05, 0.1) is 6.61 Å². The predicted octanol–water partition coefficient (Wildman–Crippen LogP) is 2.84. The normalized spacial score (nSPS) is 23.9. The number of unbranched alkanes of at least 4 members (excludes halogenated alkanes) is 1. The topological polar surface area (TPSA) is 24.5 Å². The molecule has 2 atom stereocenters. The molecule has 3 nitrogen and oxygen atoms in total. The molecule has 0 spiro atoms. The Morgan fingerprint density at radius 2 is 2.05 bits per heavy atom. The molecule has 1 aromatic carbocycles. The van der Waals surface area contributed by atoms with Crippen molar-refractivity contribution in [3.8, 4) is 0 Å². The quantitative estimate of drug-likeness (QED) is 0.775. The molecule has 20 heavy (non-hydrogen) atoms. The Morgan fingerprint density at radius 1 is 1.25 bits per heavy atom. The molecule has 1 fully saturated rings. The molecule has 2 rings (SSSR count).